The molecular formula is C24H21F2N. The highest BCUT2D eigenvalue weighted by atomic mass is 19.1. The van der Waals surface area contributed by atoms with Crippen molar-refractivity contribution < 1.29 is 8.78 Å². The Morgan fingerprint density at radius 3 is 2.89 bits per heavy atom. The average Bonchev–Trinajstić information content (AvgIpc) is 2.80. The van der Waals surface area contributed by atoms with Gasteiger partial charge in [-0.25, -0.2) is 8.78 Å². The van der Waals surface area contributed by atoms with Gasteiger partial charge in [-0.05, 0) is 48.6 Å². The van der Waals surface area contributed by atoms with Crippen LogP contribution in [0.3, 0.4) is 0 Å². The van der Waals surface area contributed by atoms with Gasteiger partial charge in [0.25, 0.3) is 0 Å². The summed E-state index contributed by atoms with van der Waals surface area (Å²) in [4.78, 5) is 4.77. The summed E-state index contributed by atoms with van der Waals surface area (Å²) in [6, 6.07) is 6.70. The molecule has 3 aliphatic rings. The van der Waals surface area contributed by atoms with Crippen LogP contribution in [0.15, 0.2) is 101 Å². The van der Waals surface area contributed by atoms with Gasteiger partial charge in [0.1, 0.15) is 11.6 Å². The van der Waals surface area contributed by atoms with Crippen LogP contribution in [0, 0.1) is 11.7 Å². The molecule has 4 rings (SSSR count). The van der Waals surface area contributed by atoms with Crippen molar-refractivity contribution in [3.63, 3.8) is 0 Å². The summed E-state index contributed by atoms with van der Waals surface area (Å²) in [5.41, 5.74) is 4.61. The zero-order chi connectivity index (χ0) is 18.6. The van der Waals surface area contributed by atoms with E-state index >= 15 is 0 Å². The van der Waals surface area contributed by atoms with E-state index < -0.39 is 0 Å². The Labute approximate surface area is 158 Å². The Kier molecular flexibility index (Phi) is 5.10. The van der Waals surface area contributed by atoms with Crippen LogP contribution in [-0.4, -0.2) is 5.71 Å². The number of aryl methyl sites for hydroxylation is 1. The average molecular weight is 361 g/mol. The molecule has 27 heavy (non-hydrogen) atoms. The molecule has 1 heterocycles. The minimum absolute atomic E-state index is 0.0958. The van der Waals surface area contributed by atoms with Gasteiger partial charge in [-0.3, -0.25) is 4.99 Å². The molecule has 1 atom stereocenters. The van der Waals surface area contributed by atoms with E-state index in [1.165, 1.54) is 6.07 Å². The number of hydrogen-bond donors (Lipinski definition) is 0. The second-order valence-electron chi connectivity index (χ2n) is 6.94. The molecule has 0 amide bonds. The molecule has 136 valence electrons. The van der Waals surface area contributed by atoms with Crippen molar-refractivity contribution >= 4 is 5.71 Å². The molecule has 2 aliphatic carbocycles. The molecule has 0 radical (unpaired) electrons. The minimum atomic E-state index is -0.206. The van der Waals surface area contributed by atoms with Crippen LogP contribution >= 0.6 is 0 Å². The molecule has 0 fully saturated rings. The molecule has 1 aromatic carbocycles. The van der Waals surface area contributed by atoms with Gasteiger partial charge in [-0.1, -0.05) is 54.7 Å². The van der Waals surface area contributed by atoms with Gasteiger partial charge in [-0.2, -0.15) is 0 Å². The number of halogens is 2. The molecule has 1 nitrogen and oxygen atoms in total. The predicted octanol–water partition coefficient (Wildman–Crippen LogP) is 6.34. The molecule has 0 spiro atoms. The number of nitrogens with zero attached hydrogens (tertiary/aromatic N) is 1. The van der Waals surface area contributed by atoms with Crippen molar-refractivity contribution in [2.45, 2.75) is 25.7 Å². The lowest BCUT2D eigenvalue weighted by Crippen LogP contribution is -2.04. The van der Waals surface area contributed by atoms with E-state index in [0.29, 0.717) is 12.0 Å². The Hall–Kier alpha value is -2.81. The van der Waals surface area contributed by atoms with Gasteiger partial charge in [0.2, 0.25) is 0 Å². The van der Waals surface area contributed by atoms with E-state index in [0.717, 1.165) is 41.8 Å². The molecule has 0 saturated carbocycles. The molecule has 0 N–H and O–H groups in total. The fourth-order valence-corrected chi connectivity index (χ4v) is 3.60. The molecule has 0 bridgehead atoms. The SMILES string of the molecule is FC1=CCC=CC=C1C1=CC2C=C(CCc3cccc(F)c3)N=C2CC=C1. The summed E-state index contributed by atoms with van der Waals surface area (Å²) in [5, 5.41) is 0. The van der Waals surface area contributed by atoms with E-state index in [4.69, 9.17) is 4.99 Å². The highest BCUT2D eigenvalue weighted by molar-refractivity contribution is 5.94. The van der Waals surface area contributed by atoms with E-state index in [2.05, 4.69) is 18.2 Å². The van der Waals surface area contributed by atoms with Gasteiger partial charge >= 0.3 is 0 Å². The molecule has 1 aliphatic heterocycles. The Morgan fingerprint density at radius 2 is 2.00 bits per heavy atom. The summed E-state index contributed by atoms with van der Waals surface area (Å²) in [6.45, 7) is 0. The van der Waals surface area contributed by atoms with Crippen molar-refractivity contribution in [2.24, 2.45) is 10.9 Å². The molecule has 1 aromatic rings. The van der Waals surface area contributed by atoms with Gasteiger partial charge in [0.15, 0.2) is 0 Å². The van der Waals surface area contributed by atoms with Crippen molar-refractivity contribution in [1.29, 1.82) is 0 Å². The topological polar surface area (TPSA) is 12.4 Å². The molecule has 0 aromatic heterocycles. The number of rotatable bonds is 4. The number of aliphatic imine (C=N–C) groups is 1. The lowest BCUT2D eigenvalue weighted by Gasteiger charge is -2.07. The quantitative estimate of drug-likeness (QED) is 0.593. The van der Waals surface area contributed by atoms with Crippen LogP contribution in [0.25, 0.3) is 0 Å². The first-order valence-corrected chi connectivity index (χ1v) is 9.33. The van der Waals surface area contributed by atoms with Gasteiger partial charge in [0, 0.05) is 29.3 Å². The largest absolute Gasteiger partial charge is 0.261 e. The van der Waals surface area contributed by atoms with Crippen molar-refractivity contribution in [2.75, 3.05) is 0 Å². The maximum atomic E-state index is 14.4. The summed E-state index contributed by atoms with van der Waals surface area (Å²) in [5.74, 6) is -0.286. The zero-order valence-corrected chi connectivity index (χ0v) is 15.0. The monoisotopic (exact) mass is 361 g/mol. The third kappa shape index (κ3) is 4.13. The predicted molar refractivity (Wildman–Crippen MR) is 107 cm³/mol. The van der Waals surface area contributed by atoms with Crippen molar-refractivity contribution in [3.05, 3.63) is 107 Å². The molecule has 3 heteroatoms. The van der Waals surface area contributed by atoms with Crippen LogP contribution < -0.4 is 0 Å². The lowest BCUT2D eigenvalue weighted by atomic mass is 9.97. The first-order chi connectivity index (χ1) is 13.2. The summed E-state index contributed by atoms with van der Waals surface area (Å²) in [6.07, 6.45) is 18.5. The fraction of sp³-hybridized carbons (Fsp3) is 0.208. The van der Waals surface area contributed by atoms with E-state index in [9.17, 15) is 8.78 Å². The normalized spacial score (nSPS) is 21.4. The van der Waals surface area contributed by atoms with E-state index in [1.54, 1.807) is 18.2 Å². The zero-order valence-electron chi connectivity index (χ0n) is 15.0. The second kappa shape index (κ2) is 7.83. The molecular weight excluding hydrogens is 340 g/mol. The van der Waals surface area contributed by atoms with Gasteiger partial charge in [-0.15, -0.1) is 0 Å². The van der Waals surface area contributed by atoms with Crippen LogP contribution in [0.1, 0.15) is 24.8 Å². The fourth-order valence-electron chi connectivity index (χ4n) is 3.60. The third-order valence-corrected chi connectivity index (χ3v) is 4.99. The highest BCUT2D eigenvalue weighted by Gasteiger charge is 2.22. The van der Waals surface area contributed by atoms with Crippen LogP contribution in [0.2, 0.25) is 0 Å². The van der Waals surface area contributed by atoms with Crippen molar-refractivity contribution in [3.8, 4) is 0 Å². The highest BCUT2D eigenvalue weighted by Crippen LogP contribution is 2.32. The minimum Gasteiger partial charge on any atom is -0.261 e. The van der Waals surface area contributed by atoms with Crippen LogP contribution in [-0.2, 0) is 6.42 Å². The van der Waals surface area contributed by atoms with Gasteiger partial charge < -0.3 is 0 Å². The maximum absolute atomic E-state index is 14.4. The summed E-state index contributed by atoms with van der Waals surface area (Å²) in [7, 11) is 0. The lowest BCUT2D eigenvalue weighted by molar-refractivity contribution is 0.625. The standard InChI is InChI=1S/C24H21F2N/c25-20-8-4-6-17(14-20)12-13-21-16-19-15-18(7-5-11-24(19)27-21)22-9-2-1-3-10-23(22)26/h1-2,4-10,14-16,19H,3,11-13H2. The van der Waals surface area contributed by atoms with E-state index in [-0.39, 0.29) is 17.6 Å². The smallest absolute Gasteiger partial charge is 0.127 e. The van der Waals surface area contributed by atoms with Gasteiger partial charge in [0.05, 0.1) is 0 Å². The maximum Gasteiger partial charge on any atom is 0.127 e. The van der Waals surface area contributed by atoms with Crippen LogP contribution in [0.5, 0.6) is 0 Å². The Bertz CT molecular complexity index is 954. The number of benzene rings is 1. The first-order valence-electron chi connectivity index (χ1n) is 9.33. The summed E-state index contributed by atoms with van der Waals surface area (Å²) >= 11 is 0. The Morgan fingerprint density at radius 1 is 1.07 bits per heavy atom. The van der Waals surface area contributed by atoms with E-state index in [1.807, 2.05) is 30.4 Å². The number of allylic oxidation sites excluding steroid dienone is 12. The third-order valence-electron chi connectivity index (χ3n) is 4.99. The first kappa shape index (κ1) is 17.6. The molecule has 1 unspecified atom stereocenters. The number of fused-ring (bicyclic) bond motifs is 1. The van der Waals surface area contributed by atoms with Crippen molar-refractivity contribution in [1.82, 2.24) is 0 Å². The summed E-state index contributed by atoms with van der Waals surface area (Å²) < 4.78 is 27.7. The second-order valence-corrected chi connectivity index (χ2v) is 6.94. The van der Waals surface area contributed by atoms with Crippen LogP contribution in [0.4, 0.5) is 8.78 Å². The Balaban J connectivity index is 1.52. The number of hydrogen-bond acceptors (Lipinski definition) is 1. The molecule has 0 saturated heterocycles.